The van der Waals surface area contributed by atoms with E-state index in [0.717, 1.165) is 17.7 Å². The minimum absolute atomic E-state index is 0.262. The third-order valence-corrected chi connectivity index (χ3v) is 3.95. The van der Waals surface area contributed by atoms with E-state index in [-0.39, 0.29) is 11.8 Å². The molecule has 1 aromatic heterocycles. The first-order valence-electron chi connectivity index (χ1n) is 8.78. The quantitative estimate of drug-likeness (QED) is 0.622. The molecule has 27 heavy (non-hydrogen) atoms. The molecule has 2 aromatic rings. The molecular weight excluding hydrogens is 346 g/mol. The number of rotatable bonds is 10. The number of methoxy groups -OCH3 is 2. The lowest BCUT2D eigenvalue weighted by atomic mass is 10.1. The highest BCUT2D eigenvalue weighted by molar-refractivity contribution is 5.99. The van der Waals surface area contributed by atoms with E-state index in [9.17, 15) is 9.59 Å². The summed E-state index contributed by atoms with van der Waals surface area (Å²) in [6.07, 6.45) is 4.25. The Morgan fingerprint density at radius 3 is 2.33 bits per heavy atom. The Hall–Kier alpha value is -2.93. The Morgan fingerprint density at radius 2 is 1.67 bits per heavy atom. The van der Waals surface area contributed by atoms with Gasteiger partial charge in [-0.2, -0.15) is 0 Å². The highest BCUT2D eigenvalue weighted by Crippen LogP contribution is 2.17. The maximum absolute atomic E-state index is 12.3. The Balaban J connectivity index is 1.88. The third kappa shape index (κ3) is 6.38. The van der Waals surface area contributed by atoms with Crippen molar-refractivity contribution in [2.24, 2.45) is 0 Å². The first-order chi connectivity index (χ1) is 13.2. The van der Waals surface area contributed by atoms with Crippen molar-refractivity contribution in [2.75, 3.05) is 33.9 Å². The minimum Gasteiger partial charge on any atom is -0.496 e. The summed E-state index contributed by atoms with van der Waals surface area (Å²) in [6, 6.07) is 9.21. The molecule has 1 heterocycles. The molecule has 0 aliphatic heterocycles. The summed E-state index contributed by atoms with van der Waals surface area (Å²) in [4.78, 5) is 28.4. The van der Waals surface area contributed by atoms with Crippen molar-refractivity contribution in [3.05, 3.63) is 59.4 Å². The molecule has 0 saturated carbocycles. The van der Waals surface area contributed by atoms with Gasteiger partial charge in [-0.15, -0.1) is 0 Å². The molecule has 0 radical (unpaired) electrons. The molecule has 2 rings (SSSR count). The molecule has 7 nitrogen and oxygen atoms in total. The number of nitrogens with zero attached hydrogens (tertiary/aromatic N) is 1. The number of nitrogens with one attached hydrogen (secondary N) is 2. The number of carbonyl (C=O) groups is 2. The summed E-state index contributed by atoms with van der Waals surface area (Å²) >= 11 is 0. The number of aromatic nitrogens is 1. The molecule has 1 aromatic carbocycles. The number of hydrogen-bond acceptors (Lipinski definition) is 5. The van der Waals surface area contributed by atoms with Crippen LogP contribution in [0.25, 0.3) is 0 Å². The van der Waals surface area contributed by atoms with Gasteiger partial charge in [-0.05, 0) is 30.5 Å². The van der Waals surface area contributed by atoms with Crippen LogP contribution in [0.5, 0.6) is 5.75 Å². The first kappa shape index (κ1) is 20.4. The summed E-state index contributed by atoms with van der Waals surface area (Å²) in [5, 5.41) is 5.61. The fourth-order valence-electron chi connectivity index (χ4n) is 2.53. The normalized spacial score (nSPS) is 10.3. The zero-order valence-electron chi connectivity index (χ0n) is 15.7. The highest BCUT2D eigenvalue weighted by Gasteiger charge is 2.11. The lowest BCUT2D eigenvalue weighted by Gasteiger charge is -2.10. The van der Waals surface area contributed by atoms with Gasteiger partial charge in [0.25, 0.3) is 11.8 Å². The number of para-hydroxylation sites is 1. The Morgan fingerprint density at radius 1 is 1.00 bits per heavy atom. The third-order valence-electron chi connectivity index (χ3n) is 3.95. The standard InChI is InChI=1S/C20H25N3O4/c1-26-11-5-9-22-19(24)16-12-17(14-21-13-16)20(25)23-10-8-15-6-3-4-7-18(15)27-2/h3-4,6-7,12-14H,5,8-11H2,1-2H3,(H,22,24)(H,23,25). The number of ether oxygens (including phenoxy) is 2. The smallest absolute Gasteiger partial charge is 0.252 e. The van der Waals surface area contributed by atoms with Gasteiger partial charge in [0.15, 0.2) is 0 Å². The van der Waals surface area contributed by atoms with Gasteiger partial charge in [-0.25, -0.2) is 0 Å². The van der Waals surface area contributed by atoms with Gasteiger partial charge in [-0.3, -0.25) is 14.6 Å². The van der Waals surface area contributed by atoms with Crippen molar-refractivity contribution in [2.45, 2.75) is 12.8 Å². The van der Waals surface area contributed by atoms with Crippen molar-refractivity contribution in [1.82, 2.24) is 15.6 Å². The van der Waals surface area contributed by atoms with Crippen LogP contribution in [0.2, 0.25) is 0 Å². The average molecular weight is 371 g/mol. The summed E-state index contributed by atoms with van der Waals surface area (Å²) in [7, 11) is 3.23. The lowest BCUT2D eigenvalue weighted by Crippen LogP contribution is -2.28. The van der Waals surface area contributed by atoms with Crippen LogP contribution in [0.3, 0.4) is 0 Å². The molecule has 144 valence electrons. The molecule has 7 heteroatoms. The molecule has 0 unspecified atom stereocenters. The summed E-state index contributed by atoms with van der Waals surface area (Å²) < 4.78 is 10.2. The van der Waals surface area contributed by atoms with Crippen LogP contribution >= 0.6 is 0 Å². The van der Waals surface area contributed by atoms with E-state index < -0.39 is 0 Å². The van der Waals surface area contributed by atoms with Gasteiger partial charge in [0, 0.05) is 39.2 Å². The predicted molar refractivity (Wildman–Crippen MR) is 102 cm³/mol. The van der Waals surface area contributed by atoms with Crippen LogP contribution in [-0.2, 0) is 11.2 Å². The van der Waals surface area contributed by atoms with Crippen LogP contribution < -0.4 is 15.4 Å². The van der Waals surface area contributed by atoms with Gasteiger partial charge in [0.1, 0.15) is 5.75 Å². The maximum atomic E-state index is 12.3. The second kappa shape index (κ2) is 10.9. The van der Waals surface area contributed by atoms with E-state index in [1.165, 1.54) is 18.5 Å². The Kier molecular flexibility index (Phi) is 8.25. The lowest BCUT2D eigenvalue weighted by molar-refractivity contribution is 0.0948. The van der Waals surface area contributed by atoms with Crippen molar-refractivity contribution in [3.8, 4) is 5.75 Å². The maximum Gasteiger partial charge on any atom is 0.252 e. The second-order valence-electron chi connectivity index (χ2n) is 5.88. The SMILES string of the molecule is COCCCNC(=O)c1cncc(C(=O)NCCc2ccccc2OC)c1. The molecule has 0 saturated heterocycles. The van der Waals surface area contributed by atoms with E-state index >= 15 is 0 Å². The summed E-state index contributed by atoms with van der Waals surface area (Å²) in [5.74, 6) is 0.259. The van der Waals surface area contributed by atoms with E-state index in [0.29, 0.717) is 37.2 Å². The summed E-state index contributed by atoms with van der Waals surface area (Å²) in [5.41, 5.74) is 1.71. The molecule has 0 aliphatic rings. The minimum atomic E-state index is -0.272. The van der Waals surface area contributed by atoms with Crippen molar-refractivity contribution < 1.29 is 19.1 Å². The van der Waals surface area contributed by atoms with E-state index in [2.05, 4.69) is 15.6 Å². The van der Waals surface area contributed by atoms with Crippen LogP contribution in [0.15, 0.2) is 42.7 Å². The van der Waals surface area contributed by atoms with Crippen molar-refractivity contribution >= 4 is 11.8 Å². The van der Waals surface area contributed by atoms with Crippen molar-refractivity contribution in [3.63, 3.8) is 0 Å². The average Bonchev–Trinajstić information content (AvgIpc) is 2.71. The molecule has 0 aliphatic carbocycles. The number of hydrogen-bond donors (Lipinski definition) is 2. The largest absolute Gasteiger partial charge is 0.496 e. The van der Waals surface area contributed by atoms with E-state index in [1.807, 2.05) is 24.3 Å². The highest BCUT2D eigenvalue weighted by atomic mass is 16.5. The number of amides is 2. The number of carbonyl (C=O) groups excluding carboxylic acids is 2. The van der Waals surface area contributed by atoms with Gasteiger partial charge in [-0.1, -0.05) is 18.2 Å². The topological polar surface area (TPSA) is 89.5 Å². The molecule has 0 atom stereocenters. The molecule has 0 fully saturated rings. The van der Waals surface area contributed by atoms with Crippen LogP contribution in [-0.4, -0.2) is 50.7 Å². The molecule has 0 spiro atoms. The number of benzene rings is 1. The van der Waals surface area contributed by atoms with Crippen LogP contribution in [0.1, 0.15) is 32.7 Å². The van der Waals surface area contributed by atoms with Gasteiger partial charge in [0.2, 0.25) is 0 Å². The molecule has 2 N–H and O–H groups in total. The van der Waals surface area contributed by atoms with E-state index in [1.54, 1.807) is 14.2 Å². The number of pyridine rings is 1. The zero-order chi connectivity index (χ0) is 19.5. The van der Waals surface area contributed by atoms with Gasteiger partial charge in [0.05, 0.1) is 18.2 Å². The fourth-order valence-corrected chi connectivity index (χ4v) is 2.53. The monoisotopic (exact) mass is 371 g/mol. The predicted octanol–water partition coefficient (Wildman–Crippen LogP) is 1.83. The van der Waals surface area contributed by atoms with Gasteiger partial charge < -0.3 is 20.1 Å². The van der Waals surface area contributed by atoms with Gasteiger partial charge >= 0.3 is 0 Å². The summed E-state index contributed by atoms with van der Waals surface area (Å²) in [6.45, 7) is 1.53. The van der Waals surface area contributed by atoms with E-state index in [4.69, 9.17) is 9.47 Å². The molecule has 2 amide bonds. The molecule has 0 bridgehead atoms. The zero-order valence-corrected chi connectivity index (χ0v) is 15.7. The Bertz CT molecular complexity index is 764. The fraction of sp³-hybridized carbons (Fsp3) is 0.350. The second-order valence-corrected chi connectivity index (χ2v) is 5.88. The van der Waals surface area contributed by atoms with Crippen molar-refractivity contribution in [1.29, 1.82) is 0 Å². The van der Waals surface area contributed by atoms with Crippen LogP contribution in [0.4, 0.5) is 0 Å². The molecular formula is C20H25N3O4. The van der Waals surface area contributed by atoms with Crippen LogP contribution in [0, 0.1) is 0 Å². The first-order valence-corrected chi connectivity index (χ1v) is 8.78. The Labute approximate surface area is 159 Å².